The third-order valence-corrected chi connectivity index (χ3v) is 16.6. The zero-order chi connectivity index (χ0) is 76.4. The first-order valence-electron chi connectivity index (χ1n) is 34.2. The fourth-order valence-electron chi connectivity index (χ4n) is 11.4. The Balaban J connectivity index is 1.54. The van der Waals surface area contributed by atoms with Crippen molar-refractivity contribution in [2.24, 2.45) is 83.2 Å². The summed E-state index contributed by atoms with van der Waals surface area (Å²) in [7, 11) is 0. The molecule has 0 aliphatic rings. The van der Waals surface area contributed by atoms with E-state index in [2.05, 4.69) is 72.5 Å². The van der Waals surface area contributed by atoms with E-state index in [9.17, 15) is 39.2 Å². The molecule has 0 fully saturated rings. The molecule has 9 atom stereocenters. The van der Waals surface area contributed by atoms with Crippen molar-refractivity contribution >= 4 is 105 Å². The van der Waals surface area contributed by atoms with Crippen molar-refractivity contribution in [3.05, 3.63) is 112 Å². The van der Waals surface area contributed by atoms with Gasteiger partial charge in [0.2, 0.25) is 47.3 Å². The summed E-state index contributed by atoms with van der Waals surface area (Å²) in [6, 6.07) is 6.67. The maximum Gasteiger partial charge on any atom is 0.326 e. The van der Waals surface area contributed by atoms with Gasteiger partial charge < -0.3 is 115 Å². The van der Waals surface area contributed by atoms with Crippen LogP contribution in [0.1, 0.15) is 120 Å². The van der Waals surface area contributed by atoms with Crippen LogP contribution in [0.15, 0.2) is 105 Å². The van der Waals surface area contributed by atoms with E-state index in [1.54, 1.807) is 74.8 Å². The molecule has 0 aliphatic heterocycles. The Labute approximate surface area is 600 Å². The number of aromatic nitrogens is 2. The van der Waals surface area contributed by atoms with Crippen LogP contribution in [0, 0.1) is 16.0 Å². The lowest BCUT2D eigenvalue weighted by atomic mass is 9.98. The van der Waals surface area contributed by atoms with E-state index in [0.717, 1.165) is 6.07 Å². The van der Waals surface area contributed by atoms with Crippen molar-refractivity contribution in [3.63, 3.8) is 0 Å². The van der Waals surface area contributed by atoms with E-state index in [1.165, 1.54) is 18.2 Å². The number of fused-ring (bicyclic) bond motifs is 2. The molecule has 5 aromatic rings. The number of carboxylic acids is 1. The summed E-state index contributed by atoms with van der Waals surface area (Å²) in [4.78, 5) is 164. The van der Waals surface area contributed by atoms with Gasteiger partial charge in [-0.3, -0.25) is 68.4 Å². The number of aliphatic imine (C=N–C) groups is 4. The third-order valence-electron chi connectivity index (χ3n) is 16.6. The van der Waals surface area contributed by atoms with Crippen molar-refractivity contribution in [1.29, 1.82) is 0 Å². The molecule has 8 amide bonds. The van der Waals surface area contributed by atoms with E-state index < -0.39 is 125 Å². The highest BCUT2D eigenvalue weighted by atomic mass is 16.6. The average molecular weight is 1450 g/mol. The molecular weight excluding hydrogens is 1350 g/mol. The number of hydrogen-bond acceptors (Lipinski definition) is 17. The first-order chi connectivity index (χ1) is 49.5. The van der Waals surface area contributed by atoms with E-state index in [4.69, 9.17) is 57.3 Å². The number of rotatable bonds is 46. The Kier molecular flexibility index (Phi) is 34.0. The number of nitrogens with one attached hydrogen (secondary N) is 10. The summed E-state index contributed by atoms with van der Waals surface area (Å²) >= 11 is 0. The smallest absolute Gasteiger partial charge is 0.326 e. The fraction of sp³-hybridized carbons (Fsp3) is 0.478. The molecular formula is C67H101N25O12. The van der Waals surface area contributed by atoms with Crippen LogP contribution < -0.4 is 99.9 Å². The number of guanidine groups is 4. The predicted molar refractivity (Wildman–Crippen MR) is 394 cm³/mol. The van der Waals surface area contributed by atoms with E-state index in [1.807, 2.05) is 0 Å². The van der Waals surface area contributed by atoms with Crippen molar-refractivity contribution in [2.75, 3.05) is 32.7 Å². The molecule has 0 bridgehead atoms. The summed E-state index contributed by atoms with van der Waals surface area (Å²) in [5.41, 5.74) is 58.6. The molecule has 0 radical (unpaired) electrons. The van der Waals surface area contributed by atoms with E-state index >= 15 is 19.2 Å². The Hall–Kier alpha value is -11.6. The number of nitro benzene ring substituents is 1. The largest absolute Gasteiger partial charge is 0.480 e. The van der Waals surface area contributed by atoms with Gasteiger partial charge in [-0.1, -0.05) is 68.4 Å². The summed E-state index contributed by atoms with van der Waals surface area (Å²) < 4.78 is 0. The first kappa shape index (κ1) is 83.0. The highest BCUT2D eigenvalue weighted by Gasteiger charge is 2.37. The molecule has 0 saturated carbocycles. The van der Waals surface area contributed by atoms with E-state index in [-0.39, 0.29) is 139 Å². The van der Waals surface area contributed by atoms with Crippen molar-refractivity contribution in [3.8, 4) is 0 Å². The Morgan fingerprint density at radius 2 is 0.837 bits per heavy atom. The molecule has 0 unspecified atom stereocenters. The molecule has 2 aromatic heterocycles. The Morgan fingerprint density at radius 1 is 0.471 bits per heavy atom. The van der Waals surface area contributed by atoms with Gasteiger partial charge in [0.15, 0.2) is 23.8 Å². The van der Waals surface area contributed by atoms with Crippen LogP contribution >= 0.6 is 0 Å². The number of hydrogen-bond donors (Lipinski definition) is 21. The quantitative estimate of drug-likeness (QED) is 0.00645. The summed E-state index contributed by atoms with van der Waals surface area (Å²) in [6.07, 6.45) is 3.10. The fourth-order valence-corrected chi connectivity index (χ4v) is 11.4. The van der Waals surface area contributed by atoms with Gasteiger partial charge in [-0.15, -0.1) is 0 Å². The number of aromatic amines is 2. The second kappa shape index (κ2) is 42.6. The van der Waals surface area contributed by atoms with Crippen molar-refractivity contribution in [2.45, 2.75) is 165 Å². The van der Waals surface area contributed by atoms with Crippen LogP contribution in [-0.2, 0) is 56.0 Å². The minimum absolute atomic E-state index is 0.0111. The second-order valence-corrected chi connectivity index (χ2v) is 25.3. The molecule has 3 aromatic carbocycles. The number of para-hydroxylation sites is 3. The number of carbonyl (C=O) groups excluding carboxylic acids is 8. The zero-order valence-corrected chi connectivity index (χ0v) is 58.4. The third kappa shape index (κ3) is 28.1. The molecule has 31 N–H and O–H groups in total. The number of nitro groups is 1. The standard InChI is InChI=1S/C67H101N25O12/c1-37(2)31-53(63(101)102)84-55(93)34-50(42-17-5-8-25-54(42)92(103)104)89-62(100)52(33-39-36-83-45-20-7-4-16-41(39)45)91-60(98)49(24-14-30-81-67(76)77)87-58(96)48(23-13-29-80-66(74)75)88-61(99)51(32-38-35-82-44-19-6-3-15-40(38)44)90-59(97)46(21-9-10-26-68)86-57(95)47(22-12-28-79-65(72)73)85-56(94)43(69)18-11-27-78-64(70)71/h3-8,15-17,19-20,25,35-37,43,46-53,82-83H,9-14,18,21-24,26-34,68-69H2,1-2H3,(H,84,93)(H,85,94)(H,86,95)(H,87,96)(H,88,99)(H,89,100)(H,90,97)(H,91,98)(H,101,102)(H4,70,71,78)(H4,72,73,79)(H4,74,75,80)(H4,76,77,81)/t43-,46-,47-,48-,49-,50-,51-,52-,53-/m0/s1. The minimum atomic E-state index is -1.59. The molecule has 37 nitrogen and oxygen atoms in total. The molecule has 0 saturated heterocycles. The van der Waals surface area contributed by atoms with Crippen LogP contribution in [-0.4, -0.2) is 178 Å². The number of carboxylic acid groups (broad SMARTS) is 1. The maximum absolute atomic E-state index is 15.3. The second-order valence-electron chi connectivity index (χ2n) is 25.3. The molecule has 566 valence electrons. The van der Waals surface area contributed by atoms with Crippen molar-refractivity contribution in [1.82, 2.24) is 52.5 Å². The van der Waals surface area contributed by atoms with Gasteiger partial charge in [0, 0.05) is 79.3 Å². The van der Waals surface area contributed by atoms with Gasteiger partial charge in [-0.05, 0) is 113 Å². The summed E-state index contributed by atoms with van der Waals surface area (Å²) in [5, 5.41) is 45.6. The lowest BCUT2D eigenvalue weighted by molar-refractivity contribution is -0.385. The van der Waals surface area contributed by atoms with Crippen LogP contribution in [0.4, 0.5) is 5.69 Å². The maximum atomic E-state index is 15.3. The number of benzene rings is 3. The normalized spacial score (nSPS) is 13.7. The number of nitrogens with zero attached hydrogens (tertiary/aromatic N) is 5. The number of aliphatic carboxylic acids is 1. The molecule has 0 aliphatic carbocycles. The van der Waals surface area contributed by atoms with E-state index in [0.29, 0.717) is 52.2 Å². The Bertz CT molecular complexity index is 3840. The zero-order valence-electron chi connectivity index (χ0n) is 58.4. The lowest BCUT2D eigenvalue weighted by Gasteiger charge is -2.28. The number of carbonyl (C=O) groups is 9. The van der Waals surface area contributed by atoms with Gasteiger partial charge in [0.05, 0.1) is 29.0 Å². The van der Waals surface area contributed by atoms with Gasteiger partial charge in [0.1, 0.15) is 42.3 Å². The number of H-pyrrole nitrogens is 2. The predicted octanol–water partition coefficient (Wildman–Crippen LogP) is -2.21. The summed E-state index contributed by atoms with van der Waals surface area (Å²) in [5.74, 6) is -9.43. The summed E-state index contributed by atoms with van der Waals surface area (Å²) in [6.45, 7) is 3.86. The monoisotopic (exact) mass is 1450 g/mol. The average Bonchev–Trinajstić information content (AvgIpc) is 1.58. The van der Waals surface area contributed by atoms with Gasteiger partial charge in [-0.25, -0.2) is 4.79 Å². The molecule has 104 heavy (non-hydrogen) atoms. The number of nitrogens with two attached hydrogens (primary N) is 10. The van der Waals surface area contributed by atoms with Crippen LogP contribution in [0.25, 0.3) is 21.8 Å². The first-order valence-corrected chi connectivity index (χ1v) is 34.2. The number of unbranched alkanes of at least 4 members (excludes halogenated alkanes) is 1. The SMILES string of the molecule is CC(C)C[C@H](NC(=O)C[C@H](NC(=O)[C@H](Cc1c[nH]c2ccccc12)NC(=O)[C@H](CCCN=C(N)N)NC(=O)[C@H](CCCN=C(N)N)NC(=O)[C@H](Cc1c[nH]c2ccccc12)NC(=O)[C@H](CCCCN)NC(=O)[C@H](CCCN=C(N)N)NC(=O)[C@@H](N)CCCN=C(N)N)c1ccccc1[N+](=O)[O-])C(=O)O. The molecule has 5 rings (SSSR count). The number of amides is 8. The van der Waals surface area contributed by atoms with Crippen LogP contribution in [0.2, 0.25) is 0 Å². The van der Waals surface area contributed by atoms with Crippen molar-refractivity contribution < 1.29 is 53.2 Å². The van der Waals surface area contributed by atoms with Crippen LogP contribution in [0.3, 0.4) is 0 Å². The minimum Gasteiger partial charge on any atom is -0.480 e. The molecule has 2 heterocycles. The Morgan fingerprint density at radius 3 is 1.24 bits per heavy atom. The van der Waals surface area contributed by atoms with Gasteiger partial charge in [0.25, 0.3) is 5.69 Å². The topological polar surface area (TPSA) is 654 Å². The highest BCUT2D eigenvalue weighted by molar-refractivity contribution is 5.98. The van der Waals surface area contributed by atoms with Gasteiger partial charge in [-0.2, -0.15) is 0 Å². The molecule has 0 spiro atoms. The molecule has 37 heteroatoms. The van der Waals surface area contributed by atoms with Gasteiger partial charge >= 0.3 is 5.97 Å². The van der Waals surface area contributed by atoms with Crippen LogP contribution in [0.5, 0.6) is 0 Å². The highest BCUT2D eigenvalue weighted by Crippen LogP contribution is 2.29. The lowest BCUT2D eigenvalue weighted by Crippen LogP contribution is -2.60.